The fraction of sp³-hybridized carbons (Fsp3) is 0. The highest BCUT2D eigenvalue weighted by Gasteiger charge is 2.10. The Balaban J connectivity index is 0.00000133. The van der Waals surface area contributed by atoms with Gasteiger partial charge in [-0.2, -0.15) is 0 Å². The zero-order chi connectivity index (χ0) is 12.7. The van der Waals surface area contributed by atoms with E-state index in [9.17, 15) is 9.59 Å². The Morgan fingerprint density at radius 2 is 2.00 bits per heavy atom. The maximum absolute atomic E-state index is 12.2. The third kappa shape index (κ3) is 2.04. The van der Waals surface area contributed by atoms with Crippen LogP contribution in [0, 0.1) is 0 Å². The number of carboxylic acid groups (broad SMARTS) is 1. The van der Waals surface area contributed by atoms with Gasteiger partial charge in [0.15, 0.2) is 0 Å². The molecule has 0 saturated heterocycles. The molecular weight excluding hydrogens is 270 g/mol. The Kier molecular flexibility index (Phi) is 3.23. The van der Waals surface area contributed by atoms with Crippen LogP contribution in [0.25, 0.3) is 22.1 Å². The van der Waals surface area contributed by atoms with Crippen LogP contribution in [0.4, 0.5) is 0 Å². The summed E-state index contributed by atoms with van der Waals surface area (Å²) in [5.74, 6) is -1.08. The van der Waals surface area contributed by atoms with Crippen LogP contribution >= 0.6 is 12.4 Å². The van der Waals surface area contributed by atoms with Crippen LogP contribution in [-0.2, 0) is 0 Å². The third-order valence-corrected chi connectivity index (χ3v) is 2.69. The number of nitrogens with zero attached hydrogens (tertiary/aromatic N) is 1. The molecule has 0 aliphatic heterocycles. The van der Waals surface area contributed by atoms with Crippen LogP contribution < -0.4 is 5.43 Å². The minimum atomic E-state index is -1.08. The number of fused-ring (bicyclic) bond motifs is 2. The molecule has 3 aromatic rings. The number of hydrogen-bond acceptors (Lipinski definition) is 4. The number of carbonyl (C=O) groups is 1. The zero-order valence-electron chi connectivity index (χ0n) is 9.49. The van der Waals surface area contributed by atoms with Crippen molar-refractivity contribution in [2.45, 2.75) is 0 Å². The fourth-order valence-corrected chi connectivity index (χ4v) is 1.82. The third-order valence-electron chi connectivity index (χ3n) is 2.69. The molecule has 0 radical (unpaired) electrons. The van der Waals surface area contributed by atoms with Crippen LogP contribution in [0.1, 0.15) is 10.4 Å². The molecule has 3 rings (SSSR count). The van der Waals surface area contributed by atoms with Crippen molar-refractivity contribution in [3.63, 3.8) is 0 Å². The first-order chi connectivity index (χ1) is 8.66. The van der Waals surface area contributed by atoms with Crippen molar-refractivity contribution >= 4 is 40.4 Å². The standard InChI is InChI=1S/C13H7NO4.ClH/c15-11-8-2-1-5-14-12(8)18-10-4-3-7(13(16)17)6-9(10)11;/h1-6H,(H,16,17);1H. The average molecular weight is 278 g/mol. The summed E-state index contributed by atoms with van der Waals surface area (Å²) in [6.45, 7) is 0. The molecule has 1 N–H and O–H groups in total. The van der Waals surface area contributed by atoms with Gasteiger partial charge in [-0.1, -0.05) is 0 Å². The molecule has 0 bridgehead atoms. The highest BCUT2D eigenvalue weighted by molar-refractivity contribution is 5.95. The highest BCUT2D eigenvalue weighted by Crippen LogP contribution is 2.17. The predicted octanol–water partition coefficient (Wildman–Crippen LogP) is 2.46. The summed E-state index contributed by atoms with van der Waals surface area (Å²) in [6, 6.07) is 7.40. The van der Waals surface area contributed by atoms with E-state index in [0.29, 0.717) is 11.0 Å². The normalized spacial score (nSPS) is 10.3. The maximum Gasteiger partial charge on any atom is 0.335 e. The van der Waals surface area contributed by atoms with Crippen LogP contribution in [0.5, 0.6) is 0 Å². The summed E-state index contributed by atoms with van der Waals surface area (Å²) in [5.41, 5.74) is 0.356. The lowest BCUT2D eigenvalue weighted by Crippen LogP contribution is -2.05. The summed E-state index contributed by atoms with van der Waals surface area (Å²) in [6.07, 6.45) is 1.53. The number of pyridine rings is 1. The lowest BCUT2D eigenvalue weighted by Gasteiger charge is -2.01. The van der Waals surface area contributed by atoms with Gasteiger partial charge in [-0.05, 0) is 30.3 Å². The summed E-state index contributed by atoms with van der Waals surface area (Å²) in [5, 5.41) is 9.49. The van der Waals surface area contributed by atoms with Crippen LogP contribution in [0.3, 0.4) is 0 Å². The number of rotatable bonds is 1. The molecule has 0 saturated carbocycles. The molecule has 0 aliphatic carbocycles. The minimum Gasteiger partial charge on any atom is -0.478 e. The van der Waals surface area contributed by atoms with Gasteiger partial charge in [0, 0.05) is 6.20 Å². The van der Waals surface area contributed by atoms with Crippen LogP contribution in [0.2, 0.25) is 0 Å². The largest absolute Gasteiger partial charge is 0.478 e. The van der Waals surface area contributed by atoms with Crippen molar-refractivity contribution in [2.75, 3.05) is 0 Å². The molecule has 5 nitrogen and oxygen atoms in total. The van der Waals surface area contributed by atoms with Crippen molar-refractivity contribution in [3.05, 3.63) is 52.3 Å². The quantitative estimate of drug-likeness (QED) is 0.691. The van der Waals surface area contributed by atoms with Gasteiger partial charge < -0.3 is 9.52 Å². The van der Waals surface area contributed by atoms with E-state index in [-0.39, 0.29) is 34.5 Å². The SMILES string of the molecule is Cl.O=C(O)c1ccc2oc3ncccc3c(=O)c2c1. The van der Waals surface area contributed by atoms with Gasteiger partial charge in [-0.3, -0.25) is 4.79 Å². The Labute approximate surface area is 112 Å². The van der Waals surface area contributed by atoms with Crippen molar-refractivity contribution in [1.29, 1.82) is 0 Å². The molecule has 6 heteroatoms. The Bertz CT molecular complexity index is 841. The van der Waals surface area contributed by atoms with E-state index in [0.717, 1.165) is 0 Å². The first-order valence-electron chi connectivity index (χ1n) is 5.22. The number of aromatic carboxylic acids is 1. The van der Waals surface area contributed by atoms with E-state index < -0.39 is 5.97 Å². The second-order valence-electron chi connectivity index (χ2n) is 3.80. The fourth-order valence-electron chi connectivity index (χ4n) is 1.82. The van der Waals surface area contributed by atoms with Crippen LogP contribution in [0.15, 0.2) is 45.7 Å². The van der Waals surface area contributed by atoms with E-state index in [1.165, 1.54) is 24.4 Å². The number of benzene rings is 1. The molecule has 2 heterocycles. The predicted molar refractivity (Wildman–Crippen MR) is 72.0 cm³/mol. The van der Waals surface area contributed by atoms with Gasteiger partial charge in [-0.25, -0.2) is 9.78 Å². The number of carboxylic acids is 1. The second kappa shape index (κ2) is 4.70. The van der Waals surface area contributed by atoms with Gasteiger partial charge in [0.25, 0.3) is 0 Å². The molecule has 0 unspecified atom stereocenters. The van der Waals surface area contributed by atoms with Crippen molar-refractivity contribution in [2.24, 2.45) is 0 Å². The lowest BCUT2D eigenvalue weighted by atomic mass is 10.1. The second-order valence-corrected chi connectivity index (χ2v) is 3.80. The first-order valence-corrected chi connectivity index (χ1v) is 5.22. The molecule has 0 amide bonds. The molecular formula is C13H8ClNO4. The Morgan fingerprint density at radius 1 is 1.21 bits per heavy atom. The van der Waals surface area contributed by atoms with Gasteiger partial charge >= 0.3 is 5.97 Å². The molecule has 96 valence electrons. The summed E-state index contributed by atoms with van der Waals surface area (Å²) in [7, 11) is 0. The van der Waals surface area contributed by atoms with E-state index >= 15 is 0 Å². The molecule has 1 aromatic carbocycles. The van der Waals surface area contributed by atoms with E-state index in [4.69, 9.17) is 9.52 Å². The molecule has 19 heavy (non-hydrogen) atoms. The smallest absolute Gasteiger partial charge is 0.335 e. The van der Waals surface area contributed by atoms with Crippen LogP contribution in [-0.4, -0.2) is 16.1 Å². The average Bonchev–Trinajstić information content (AvgIpc) is 2.38. The monoisotopic (exact) mass is 277 g/mol. The topological polar surface area (TPSA) is 80.4 Å². The molecule has 0 aliphatic rings. The van der Waals surface area contributed by atoms with E-state index in [1.807, 2.05) is 0 Å². The Hall–Kier alpha value is -2.40. The van der Waals surface area contributed by atoms with E-state index in [1.54, 1.807) is 12.1 Å². The Morgan fingerprint density at radius 3 is 2.74 bits per heavy atom. The molecule has 2 aromatic heterocycles. The van der Waals surface area contributed by atoms with Gasteiger partial charge in [0.05, 0.1) is 16.3 Å². The molecule has 0 atom stereocenters. The van der Waals surface area contributed by atoms with Gasteiger partial charge in [0.2, 0.25) is 11.1 Å². The number of aromatic nitrogens is 1. The number of hydrogen-bond donors (Lipinski definition) is 1. The first kappa shape index (κ1) is 13.0. The minimum absolute atomic E-state index is 0. The molecule has 0 spiro atoms. The summed E-state index contributed by atoms with van der Waals surface area (Å²) >= 11 is 0. The summed E-state index contributed by atoms with van der Waals surface area (Å²) < 4.78 is 5.46. The summed E-state index contributed by atoms with van der Waals surface area (Å²) in [4.78, 5) is 27.0. The van der Waals surface area contributed by atoms with Crippen molar-refractivity contribution < 1.29 is 14.3 Å². The van der Waals surface area contributed by atoms with E-state index in [2.05, 4.69) is 4.98 Å². The highest BCUT2D eigenvalue weighted by atomic mass is 35.5. The number of halogens is 1. The lowest BCUT2D eigenvalue weighted by molar-refractivity contribution is 0.0697. The maximum atomic E-state index is 12.2. The zero-order valence-corrected chi connectivity index (χ0v) is 10.3. The van der Waals surface area contributed by atoms with Gasteiger partial charge in [-0.15, -0.1) is 12.4 Å². The van der Waals surface area contributed by atoms with Gasteiger partial charge in [0.1, 0.15) is 5.58 Å². The van der Waals surface area contributed by atoms with Crippen molar-refractivity contribution in [1.82, 2.24) is 4.98 Å². The molecule has 0 fully saturated rings. The van der Waals surface area contributed by atoms with Crippen molar-refractivity contribution in [3.8, 4) is 0 Å².